The summed E-state index contributed by atoms with van der Waals surface area (Å²) in [4.78, 5) is 29.0. The summed E-state index contributed by atoms with van der Waals surface area (Å²) >= 11 is 0. The molecule has 2 heterocycles. The third kappa shape index (κ3) is 4.67. The lowest BCUT2D eigenvalue weighted by molar-refractivity contribution is -0.138. The van der Waals surface area contributed by atoms with Gasteiger partial charge in [-0.2, -0.15) is 0 Å². The molecule has 0 saturated carbocycles. The van der Waals surface area contributed by atoms with Gasteiger partial charge in [0.1, 0.15) is 5.82 Å². The average Bonchev–Trinajstić information content (AvgIpc) is 2.89. The molecule has 1 aliphatic carbocycles. The maximum atomic E-state index is 13.6. The Hall–Kier alpha value is -3.45. The molecule has 1 fully saturated rings. The van der Waals surface area contributed by atoms with E-state index in [9.17, 15) is 14.0 Å². The van der Waals surface area contributed by atoms with Crippen LogP contribution in [0.1, 0.15) is 49.7 Å². The minimum atomic E-state index is -0.499. The number of nitrogens with zero attached hydrogens (tertiary/aromatic N) is 1. The molecule has 0 amide bonds. The number of nitrogens with one attached hydrogen (secondary N) is 1. The monoisotopic (exact) mass is 490 g/mol. The molecular formula is C29H31FN2O4. The molecule has 2 aromatic rings. The van der Waals surface area contributed by atoms with Crippen LogP contribution in [-0.4, -0.2) is 44.7 Å². The van der Waals surface area contributed by atoms with E-state index in [1.807, 2.05) is 19.1 Å². The molecule has 7 heteroatoms. The number of hydrogen-bond donors (Lipinski definition) is 1. The number of dihydropyridines is 1. The number of halogens is 1. The fraction of sp³-hybridized carbons (Fsp3) is 0.379. The van der Waals surface area contributed by atoms with Crippen molar-refractivity contribution in [2.75, 3.05) is 37.8 Å². The third-order valence-electron chi connectivity index (χ3n) is 7.27. The Morgan fingerprint density at radius 1 is 1.06 bits per heavy atom. The summed E-state index contributed by atoms with van der Waals surface area (Å²) in [5.74, 6) is -1.26. The van der Waals surface area contributed by atoms with Gasteiger partial charge >= 0.3 is 5.97 Å². The fourth-order valence-corrected chi connectivity index (χ4v) is 5.52. The number of carbonyl (C=O) groups is 2. The van der Waals surface area contributed by atoms with Crippen molar-refractivity contribution in [3.8, 4) is 0 Å². The minimum absolute atomic E-state index is 0.00497. The van der Waals surface area contributed by atoms with Crippen LogP contribution in [0.3, 0.4) is 0 Å². The van der Waals surface area contributed by atoms with E-state index in [1.54, 1.807) is 19.1 Å². The summed E-state index contributed by atoms with van der Waals surface area (Å²) in [6.45, 7) is 6.95. The molecule has 36 heavy (non-hydrogen) atoms. The van der Waals surface area contributed by atoms with Crippen molar-refractivity contribution < 1.29 is 23.5 Å². The van der Waals surface area contributed by atoms with E-state index >= 15 is 0 Å². The lowest BCUT2D eigenvalue weighted by Gasteiger charge is -2.37. The van der Waals surface area contributed by atoms with E-state index in [4.69, 9.17) is 9.47 Å². The van der Waals surface area contributed by atoms with E-state index < -0.39 is 11.9 Å². The van der Waals surface area contributed by atoms with Crippen molar-refractivity contribution in [3.63, 3.8) is 0 Å². The van der Waals surface area contributed by atoms with Crippen molar-refractivity contribution >= 4 is 17.4 Å². The summed E-state index contributed by atoms with van der Waals surface area (Å²) in [7, 11) is 0. The highest BCUT2D eigenvalue weighted by Crippen LogP contribution is 2.46. The predicted molar refractivity (Wildman–Crippen MR) is 135 cm³/mol. The molecule has 0 spiro atoms. The number of ether oxygens (including phenoxy) is 2. The van der Waals surface area contributed by atoms with Gasteiger partial charge in [-0.15, -0.1) is 0 Å². The third-order valence-corrected chi connectivity index (χ3v) is 7.27. The summed E-state index contributed by atoms with van der Waals surface area (Å²) in [5, 5.41) is 3.35. The second kappa shape index (κ2) is 10.3. The molecule has 0 bridgehead atoms. The van der Waals surface area contributed by atoms with Gasteiger partial charge in [-0.05, 0) is 61.6 Å². The maximum absolute atomic E-state index is 13.6. The molecule has 0 radical (unpaired) electrons. The van der Waals surface area contributed by atoms with Crippen LogP contribution in [-0.2, 0) is 19.1 Å². The normalized spacial score (nSPS) is 22.3. The molecule has 2 aliphatic heterocycles. The summed E-state index contributed by atoms with van der Waals surface area (Å²) < 4.78 is 24.3. The summed E-state index contributed by atoms with van der Waals surface area (Å²) in [5.41, 5.74) is 5.54. The minimum Gasteiger partial charge on any atom is -0.463 e. The first-order valence-electron chi connectivity index (χ1n) is 12.6. The maximum Gasteiger partial charge on any atom is 0.336 e. The molecule has 5 rings (SSSR count). The Labute approximate surface area is 210 Å². The van der Waals surface area contributed by atoms with Crippen LogP contribution >= 0.6 is 0 Å². The van der Waals surface area contributed by atoms with Crippen LogP contribution in [0, 0.1) is 5.82 Å². The Morgan fingerprint density at radius 2 is 1.72 bits per heavy atom. The topological polar surface area (TPSA) is 67.9 Å². The SMILES string of the molecule is CCOC(=O)C1=C(C)NC2=C(C(=O)C[C@H](c3ccc(F)cc3)C2)[C@H]1c1ccc(N2CCOCC2)cc1. The smallest absolute Gasteiger partial charge is 0.336 e. The molecule has 6 nitrogen and oxygen atoms in total. The first kappa shape index (κ1) is 24.3. The second-order valence-corrected chi connectivity index (χ2v) is 9.48. The second-order valence-electron chi connectivity index (χ2n) is 9.48. The number of hydrogen-bond acceptors (Lipinski definition) is 6. The number of Topliss-reactive ketones (excluding diaryl/α,β-unsaturated/α-hetero) is 1. The van der Waals surface area contributed by atoms with Gasteiger partial charge in [-0.3, -0.25) is 4.79 Å². The van der Waals surface area contributed by atoms with Gasteiger partial charge in [-0.25, -0.2) is 9.18 Å². The van der Waals surface area contributed by atoms with Crippen molar-refractivity contribution in [2.45, 2.75) is 38.5 Å². The van der Waals surface area contributed by atoms with Gasteiger partial charge in [-0.1, -0.05) is 24.3 Å². The average molecular weight is 491 g/mol. The Balaban J connectivity index is 1.52. The quantitative estimate of drug-likeness (QED) is 0.619. The zero-order valence-electron chi connectivity index (χ0n) is 20.7. The molecular weight excluding hydrogens is 459 g/mol. The number of benzene rings is 2. The van der Waals surface area contributed by atoms with Gasteiger partial charge in [0.25, 0.3) is 0 Å². The Bertz CT molecular complexity index is 1210. The molecule has 1 N–H and O–H groups in total. The van der Waals surface area contributed by atoms with Crippen LogP contribution in [0.25, 0.3) is 0 Å². The van der Waals surface area contributed by atoms with Crippen LogP contribution in [0.5, 0.6) is 0 Å². The highest BCUT2D eigenvalue weighted by molar-refractivity contribution is 6.04. The van der Waals surface area contributed by atoms with Gasteiger partial charge in [0.2, 0.25) is 0 Å². The fourth-order valence-electron chi connectivity index (χ4n) is 5.52. The number of carbonyl (C=O) groups excluding carboxylic acids is 2. The molecule has 0 unspecified atom stereocenters. The molecule has 2 aromatic carbocycles. The van der Waals surface area contributed by atoms with Crippen molar-refractivity contribution in [1.82, 2.24) is 5.32 Å². The van der Waals surface area contributed by atoms with Gasteiger partial charge in [0, 0.05) is 48.1 Å². The van der Waals surface area contributed by atoms with Crippen molar-refractivity contribution in [2.24, 2.45) is 0 Å². The number of rotatable bonds is 5. The standard InChI is InChI=1S/C29H31FN2O4/c1-3-36-29(34)26-18(2)31-24-16-21(19-4-8-22(30)9-5-19)17-25(33)28(24)27(26)20-6-10-23(11-7-20)32-12-14-35-15-13-32/h4-11,21,27,31H,3,12-17H2,1-2H3/t21-,27+/m1/s1. The number of anilines is 1. The highest BCUT2D eigenvalue weighted by Gasteiger charge is 2.41. The lowest BCUT2D eigenvalue weighted by Crippen LogP contribution is -2.36. The summed E-state index contributed by atoms with van der Waals surface area (Å²) in [6, 6.07) is 14.5. The largest absolute Gasteiger partial charge is 0.463 e. The zero-order valence-corrected chi connectivity index (χ0v) is 20.7. The highest BCUT2D eigenvalue weighted by atomic mass is 19.1. The Morgan fingerprint density at radius 3 is 2.39 bits per heavy atom. The number of morpholine rings is 1. The number of ketones is 1. The predicted octanol–water partition coefficient (Wildman–Crippen LogP) is 4.59. The van der Waals surface area contributed by atoms with Crippen LogP contribution < -0.4 is 10.2 Å². The van der Waals surface area contributed by atoms with Crippen molar-refractivity contribution in [3.05, 3.63) is 88.0 Å². The molecule has 2 atom stereocenters. The van der Waals surface area contributed by atoms with E-state index in [-0.39, 0.29) is 24.1 Å². The summed E-state index contributed by atoms with van der Waals surface area (Å²) in [6.07, 6.45) is 0.923. The molecule has 3 aliphatic rings. The van der Waals surface area contributed by atoms with Gasteiger partial charge in [0.05, 0.1) is 25.4 Å². The van der Waals surface area contributed by atoms with Gasteiger partial charge < -0.3 is 19.7 Å². The van der Waals surface area contributed by atoms with E-state index in [2.05, 4.69) is 22.3 Å². The molecule has 1 saturated heterocycles. The molecule has 188 valence electrons. The van der Waals surface area contributed by atoms with Gasteiger partial charge in [0.15, 0.2) is 5.78 Å². The first-order chi connectivity index (χ1) is 17.5. The molecule has 0 aromatic heterocycles. The first-order valence-corrected chi connectivity index (χ1v) is 12.6. The van der Waals surface area contributed by atoms with Crippen LogP contribution in [0.2, 0.25) is 0 Å². The number of allylic oxidation sites excluding steroid dienone is 3. The van der Waals surface area contributed by atoms with E-state index in [0.717, 1.165) is 35.6 Å². The van der Waals surface area contributed by atoms with Crippen molar-refractivity contribution in [1.29, 1.82) is 0 Å². The zero-order chi connectivity index (χ0) is 25.2. The Kier molecular flexibility index (Phi) is 6.92. The van der Waals surface area contributed by atoms with E-state index in [1.165, 1.54) is 12.1 Å². The lowest BCUT2D eigenvalue weighted by atomic mass is 9.71. The number of esters is 1. The van der Waals surface area contributed by atoms with Crippen LogP contribution in [0.4, 0.5) is 10.1 Å². The van der Waals surface area contributed by atoms with E-state index in [0.29, 0.717) is 42.9 Å². The van der Waals surface area contributed by atoms with Crippen LogP contribution in [0.15, 0.2) is 71.1 Å².